The highest BCUT2D eigenvalue weighted by atomic mass is 35.5. The molecule has 1 aromatic carbocycles. The molecule has 0 unspecified atom stereocenters. The summed E-state index contributed by atoms with van der Waals surface area (Å²) in [5, 5.41) is 2.95. The average Bonchev–Trinajstić information content (AvgIpc) is 2.44. The number of amides is 1. The summed E-state index contributed by atoms with van der Waals surface area (Å²) in [6.07, 6.45) is 2.58. The van der Waals surface area contributed by atoms with Gasteiger partial charge in [0.25, 0.3) is 5.91 Å². The standard InChI is InChI=1S/C15H24N2O.ClH/c1-4-12-9-7-8-10-13(12)14(18)17-11-15(16,5-2)6-3;/h7-10H,4-6,11,16H2,1-3H3,(H,17,18);1H. The van der Waals surface area contributed by atoms with Crippen LogP contribution in [0.1, 0.15) is 49.5 Å². The lowest BCUT2D eigenvalue weighted by Gasteiger charge is -2.27. The monoisotopic (exact) mass is 284 g/mol. The van der Waals surface area contributed by atoms with Gasteiger partial charge in [-0.05, 0) is 30.9 Å². The molecule has 0 radical (unpaired) electrons. The van der Waals surface area contributed by atoms with Crippen LogP contribution in [0.4, 0.5) is 0 Å². The molecule has 0 aromatic heterocycles. The van der Waals surface area contributed by atoms with Crippen LogP contribution < -0.4 is 11.1 Å². The Bertz CT molecular complexity index is 403. The van der Waals surface area contributed by atoms with E-state index in [0.717, 1.165) is 30.4 Å². The van der Waals surface area contributed by atoms with Crippen LogP contribution in [0.15, 0.2) is 24.3 Å². The summed E-state index contributed by atoms with van der Waals surface area (Å²) in [4.78, 5) is 12.1. The number of aryl methyl sites for hydroxylation is 1. The summed E-state index contributed by atoms with van der Waals surface area (Å²) in [5.41, 5.74) is 7.72. The highest BCUT2D eigenvalue weighted by Crippen LogP contribution is 2.12. The zero-order valence-electron chi connectivity index (χ0n) is 12.0. The van der Waals surface area contributed by atoms with Crippen molar-refractivity contribution in [1.82, 2.24) is 5.32 Å². The third-order valence-electron chi connectivity index (χ3n) is 3.65. The maximum atomic E-state index is 12.1. The van der Waals surface area contributed by atoms with Crippen molar-refractivity contribution in [2.45, 2.75) is 45.6 Å². The van der Waals surface area contributed by atoms with E-state index in [1.54, 1.807) is 0 Å². The molecular formula is C15H25ClN2O. The van der Waals surface area contributed by atoms with Crippen molar-refractivity contribution in [3.05, 3.63) is 35.4 Å². The van der Waals surface area contributed by atoms with E-state index in [4.69, 9.17) is 5.73 Å². The fourth-order valence-corrected chi connectivity index (χ4v) is 1.90. The highest BCUT2D eigenvalue weighted by Gasteiger charge is 2.21. The Morgan fingerprint density at radius 1 is 1.21 bits per heavy atom. The molecule has 0 fully saturated rings. The molecule has 1 aromatic rings. The third-order valence-corrected chi connectivity index (χ3v) is 3.65. The molecule has 19 heavy (non-hydrogen) atoms. The van der Waals surface area contributed by atoms with Crippen LogP contribution in [0, 0.1) is 0 Å². The molecule has 0 aliphatic carbocycles. The summed E-state index contributed by atoms with van der Waals surface area (Å²) in [7, 11) is 0. The van der Waals surface area contributed by atoms with Crippen LogP contribution in [0.5, 0.6) is 0 Å². The van der Waals surface area contributed by atoms with Crippen LogP contribution in [-0.2, 0) is 6.42 Å². The van der Waals surface area contributed by atoms with Crippen molar-refractivity contribution >= 4 is 18.3 Å². The Labute approximate surface area is 122 Å². The van der Waals surface area contributed by atoms with Crippen molar-refractivity contribution in [2.75, 3.05) is 6.54 Å². The molecule has 1 rings (SSSR count). The quantitative estimate of drug-likeness (QED) is 0.844. The van der Waals surface area contributed by atoms with Gasteiger partial charge >= 0.3 is 0 Å². The zero-order valence-corrected chi connectivity index (χ0v) is 12.8. The fourth-order valence-electron chi connectivity index (χ4n) is 1.90. The molecule has 4 heteroatoms. The summed E-state index contributed by atoms with van der Waals surface area (Å²) in [6.45, 7) is 6.68. The van der Waals surface area contributed by atoms with Crippen molar-refractivity contribution in [3.63, 3.8) is 0 Å². The van der Waals surface area contributed by atoms with E-state index < -0.39 is 0 Å². The number of hydrogen-bond acceptors (Lipinski definition) is 2. The Morgan fingerprint density at radius 2 is 1.79 bits per heavy atom. The van der Waals surface area contributed by atoms with Gasteiger partial charge in [-0.15, -0.1) is 12.4 Å². The maximum Gasteiger partial charge on any atom is 0.251 e. The van der Waals surface area contributed by atoms with E-state index >= 15 is 0 Å². The first-order valence-corrected chi connectivity index (χ1v) is 6.71. The van der Waals surface area contributed by atoms with Crippen LogP contribution in [-0.4, -0.2) is 18.0 Å². The van der Waals surface area contributed by atoms with Crippen molar-refractivity contribution in [3.8, 4) is 0 Å². The minimum atomic E-state index is -0.295. The number of rotatable bonds is 6. The van der Waals surface area contributed by atoms with E-state index in [1.165, 1.54) is 0 Å². The van der Waals surface area contributed by atoms with E-state index in [0.29, 0.717) is 6.54 Å². The molecule has 0 aliphatic heterocycles. The van der Waals surface area contributed by atoms with Gasteiger partial charge in [0.2, 0.25) is 0 Å². The SMILES string of the molecule is CCc1ccccc1C(=O)NCC(N)(CC)CC.Cl. The number of benzene rings is 1. The Hall–Kier alpha value is -1.06. The lowest BCUT2D eigenvalue weighted by Crippen LogP contribution is -2.49. The Balaban J connectivity index is 0.00000324. The predicted octanol–water partition coefficient (Wildman–Crippen LogP) is 2.92. The van der Waals surface area contributed by atoms with Crippen molar-refractivity contribution in [2.24, 2.45) is 5.73 Å². The second-order valence-electron chi connectivity index (χ2n) is 4.76. The van der Waals surface area contributed by atoms with Gasteiger partial charge in [0.15, 0.2) is 0 Å². The number of nitrogens with one attached hydrogen (secondary N) is 1. The molecule has 1 amide bonds. The normalized spacial score (nSPS) is 10.7. The molecule has 0 atom stereocenters. The number of carbonyl (C=O) groups excluding carboxylic acids is 1. The van der Waals surface area contributed by atoms with Gasteiger partial charge in [-0.1, -0.05) is 39.0 Å². The molecule has 0 heterocycles. The highest BCUT2D eigenvalue weighted by molar-refractivity contribution is 5.95. The Morgan fingerprint density at radius 3 is 2.32 bits per heavy atom. The third kappa shape index (κ3) is 4.84. The molecule has 108 valence electrons. The van der Waals surface area contributed by atoms with Crippen LogP contribution >= 0.6 is 12.4 Å². The van der Waals surface area contributed by atoms with E-state index in [1.807, 2.05) is 24.3 Å². The predicted molar refractivity (Wildman–Crippen MR) is 82.9 cm³/mol. The lowest BCUT2D eigenvalue weighted by atomic mass is 9.94. The molecule has 3 N–H and O–H groups in total. The van der Waals surface area contributed by atoms with E-state index in [-0.39, 0.29) is 23.9 Å². The lowest BCUT2D eigenvalue weighted by molar-refractivity contribution is 0.0941. The van der Waals surface area contributed by atoms with Crippen LogP contribution in [0.25, 0.3) is 0 Å². The summed E-state index contributed by atoms with van der Waals surface area (Å²) < 4.78 is 0. The van der Waals surface area contributed by atoms with Crippen LogP contribution in [0.3, 0.4) is 0 Å². The fraction of sp³-hybridized carbons (Fsp3) is 0.533. The average molecular weight is 285 g/mol. The zero-order chi connectivity index (χ0) is 13.6. The van der Waals surface area contributed by atoms with Gasteiger partial charge in [-0.3, -0.25) is 4.79 Å². The van der Waals surface area contributed by atoms with Crippen molar-refractivity contribution < 1.29 is 4.79 Å². The smallest absolute Gasteiger partial charge is 0.251 e. The first-order chi connectivity index (χ1) is 8.56. The second kappa shape index (κ2) is 8.18. The van der Waals surface area contributed by atoms with Crippen molar-refractivity contribution in [1.29, 1.82) is 0 Å². The number of carbonyl (C=O) groups is 1. The summed E-state index contributed by atoms with van der Waals surface area (Å²) in [6, 6.07) is 7.71. The van der Waals surface area contributed by atoms with E-state index in [2.05, 4.69) is 26.1 Å². The summed E-state index contributed by atoms with van der Waals surface area (Å²) >= 11 is 0. The van der Waals surface area contributed by atoms with Gasteiger partial charge in [0.05, 0.1) is 0 Å². The van der Waals surface area contributed by atoms with Gasteiger partial charge in [-0.25, -0.2) is 0 Å². The number of nitrogens with two attached hydrogens (primary N) is 1. The molecule has 3 nitrogen and oxygen atoms in total. The molecule has 0 saturated carbocycles. The molecule has 0 spiro atoms. The van der Waals surface area contributed by atoms with E-state index in [9.17, 15) is 4.79 Å². The minimum Gasteiger partial charge on any atom is -0.350 e. The van der Waals surface area contributed by atoms with Gasteiger partial charge in [0.1, 0.15) is 0 Å². The molecular weight excluding hydrogens is 260 g/mol. The minimum absolute atomic E-state index is 0. The molecule has 0 aliphatic rings. The maximum absolute atomic E-state index is 12.1. The first kappa shape index (κ1) is 17.9. The van der Waals surface area contributed by atoms with Gasteiger partial charge in [0, 0.05) is 17.6 Å². The summed E-state index contributed by atoms with van der Waals surface area (Å²) in [5.74, 6) is -0.0239. The largest absolute Gasteiger partial charge is 0.350 e. The second-order valence-corrected chi connectivity index (χ2v) is 4.76. The van der Waals surface area contributed by atoms with Gasteiger partial charge < -0.3 is 11.1 Å². The first-order valence-electron chi connectivity index (χ1n) is 6.71. The van der Waals surface area contributed by atoms with Crippen LogP contribution in [0.2, 0.25) is 0 Å². The number of halogens is 1. The molecule has 0 bridgehead atoms. The topological polar surface area (TPSA) is 55.1 Å². The molecule has 0 saturated heterocycles. The number of hydrogen-bond donors (Lipinski definition) is 2. The van der Waals surface area contributed by atoms with Gasteiger partial charge in [-0.2, -0.15) is 0 Å². The Kier molecular flexibility index (Phi) is 7.72.